The number of amides is 1. The monoisotopic (exact) mass is 262 g/mol. The van der Waals surface area contributed by atoms with Gasteiger partial charge in [0.15, 0.2) is 0 Å². The summed E-state index contributed by atoms with van der Waals surface area (Å²) in [6.07, 6.45) is 4.15. The highest BCUT2D eigenvalue weighted by atomic mass is 32.1. The normalized spacial score (nSPS) is 10.1. The topological polar surface area (TPSA) is 66.9 Å². The van der Waals surface area contributed by atoms with Gasteiger partial charge in [-0.1, -0.05) is 0 Å². The molecule has 0 radical (unpaired) electrons. The van der Waals surface area contributed by atoms with Crippen LogP contribution >= 0.6 is 11.3 Å². The van der Waals surface area contributed by atoms with E-state index in [-0.39, 0.29) is 5.91 Å². The summed E-state index contributed by atoms with van der Waals surface area (Å²) in [4.78, 5) is 20.0. The number of hydrogen-bond acceptors (Lipinski definition) is 5. The minimum atomic E-state index is -0.158. The zero-order chi connectivity index (χ0) is 12.8. The first-order chi connectivity index (χ1) is 8.79. The summed E-state index contributed by atoms with van der Waals surface area (Å²) in [5.41, 5.74) is 1.31. The van der Waals surface area contributed by atoms with Crippen molar-refractivity contribution >= 4 is 22.9 Å². The molecule has 0 spiro atoms. The Hall–Kier alpha value is -1.95. The number of aromatic nitrogens is 2. The molecule has 6 heteroatoms. The highest BCUT2D eigenvalue weighted by Gasteiger charge is 2.06. The fourth-order valence-corrected chi connectivity index (χ4v) is 2.05. The van der Waals surface area contributed by atoms with Crippen LogP contribution in [0.4, 0.5) is 5.69 Å². The van der Waals surface area contributed by atoms with Crippen molar-refractivity contribution in [2.45, 2.75) is 6.42 Å². The Bertz CT molecular complexity index is 495. The van der Waals surface area contributed by atoms with Crippen molar-refractivity contribution in [3.8, 4) is 0 Å². The minimum absolute atomic E-state index is 0.158. The van der Waals surface area contributed by atoms with Gasteiger partial charge in [-0.2, -0.15) is 0 Å². The van der Waals surface area contributed by atoms with Crippen LogP contribution in [-0.2, 0) is 6.42 Å². The second-order valence-corrected chi connectivity index (χ2v) is 4.59. The summed E-state index contributed by atoms with van der Waals surface area (Å²) in [6.45, 7) is 0.571. The van der Waals surface area contributed by atoms with E-state index in [9.17, 15) is 4.79 Å². The summed E-state index contributed by atoms with van der Waals surface area (Å²) in [7, 11) is 1.81. The maximum Gasteiger partial charge on any atom is 0.269 e. The standard InChI is InChI=1S/C12H14N4OS/c1-13-9-2-3-10(16-8-9)12(17)15-5-4-11-14-6-7-18-11/h2-3,6-8,13H,4-5H2,1H3,(H,15,17). The average molecular weight is 262 g/mol. The summed E-state index contributed by atoms with van der Waals surface area (Å²) in [5.74, 6) is -0.158. The van der Waals surface area contributed by atoms with Crippen molar-refractivity contribution < 1.29 is 4.79 Å². The molecule has 0 fully saturated rings. The molecular weight excluding hydrogens is 248 g/mol. The number of anilines is 1. The maximum absolute atomic E-state index is 11.8. The Morgan fingerprint density at radius 2 is 2.28 bits per heavy atom. The number of carbonyl (C=O) groups is 1. The zero-order valence-corrected chi connectivity index (χ0v) is 10.8. The lowest BCUT2D eigenvalue weighted by Crippen LogP contribution is -2.26. The van der Waals surface area contributed by atoms with Crippen LogP contribution in [0.5, 0.6) is 0 Å². The lowest BCUT2D eigenvalue weighted by molar-refractivity contribution is 0.0949. The number of thiazole rings is 1. The molecular formula is C12H14N4OS. The van der Waals surface area contributed by atoms with E-state index < -0.39 is 0 Å². The third-order valence-corrected chi connectivity index (χ3v) is 3.23. The third-order valence-electron chi connectivity index (χ3n) is 2.39. The molecule has 0 bridgehead atoms. The van der Waals surface area contributed by atoms with Gasteiger partial charge in [0, 0.05) is 31.6 Å². The molecule has 1 amide bonds. The van der Waals surface area contributed by atoms with E-state index >= 15 is 0 Å². The minimum Gasteiger partial charge on any atom is -0.387 e. The molecule has 0 aliphatic heterocycles. The molecule has 2 rings (SSSR count). The van der Waals surface area contributed by atoms with Gasteiger partial charge in [0.2, 0.25) is 0 Å². The first-order valence-electron chi connectivity index (χ1n) is 5.60. The van der Waals surface area contributed by atoms with Crippen molar-refractivity contribution in [2.24, 2.45) is 0 Å². The SMILES string of the molecule is CNc1ccc(C(=O)NCCc2nccs2)nc1. The molecule has 0 saturated heterocycles. The Balaban J connectivity index is 1.83. The number of nitrogens with zero attached hydrogens (tertiary/aromatic N) is 2. The van der Waals surface area contributed by atoms with Crippen molar-refractivity contribution in [3.05, 3.63) is 40.6 Å². The number of hydrogen-bond donors (Lipinski definition) is 2. The van der Waals surface area contributed by atoms with Crippen molar-refractivity contribution in [2.75, 3.05) is 18.9 Å². The van der Waals surface area contributed by atoms with Crippen LogP contribution in [0, 0.1) is 0 Å². The number of nitrogens with one attached hydrogen (secondary N) is 2. The van der Waals surface area contributed by atoms with E-state index in [1.807, 2.05) is 18.5 Å². The van der Waals surface area contributed by atoms with E-state index in [0.29, 0.717) is 12.2 Å². The largest absolute Gasteiger partial charge is 0.387 e. The van der Waals surface area contributed by atoms with E-state index in [4.69, 9.17) is 0 Å². The number of pyridine rings is 1. The van der Waals surface area contributed by atoms with Crippen molar-refractivity contribution in [3.63, 3.8) is 0 Å². The van der Waals surface area contributed by atoms with Gasteiger partial charge in [-0.15, -0.1) is 11.3 Å². The Morgan fingerprint density at radius 3 is 2.89 bits per heavy atom. The van der Waals surface area contributed by atoms with Crippen LogP contribution in [0.3, 0.4) is 0 Å². The van der Waals surface area contributed by atoms with Gasteiger partial charge in [-0.25, -0.2) is 9.97 Å². The first kappa shape index (κ1) is 12.5. The number of carbonyl (C=O) groups excluding carboxylic acids is 1. The van der Waals surface area contributed by atoms with E-state index in [0.717, 1.165) is 17.1 Å². The fraction of sp³-hybridized carbons (Fsp3) is 0.250. The van der Waals surface area contributed by atoms with Gasteiger partial charge in [0.05, 0.1) is 16.9 Å². The van der Waals surface area contributed by atoms with Crippen LogP contribution in [0.15, 0.2) is 29.9 Å². The summed E-state index contributed by atoms with van der Waals surface area (Å²) in [6, 6.07) is 3.52. The molecule has 2 aromatic rings. The lowest BCUT2D eigenvalue weighted by Gasteiger charge is -2.04. The van der Waals surface area contributed by atoms with Gasteiger partial charge in [-0.05, 0) is 12.1 Å². The molecule has 2 N–H and O–H groups in total. The molecule has 18 heavy (non-hydrogen) atoms. The van der Waals surface area contributed by atoms with Crippen LogP contribution in [0.25, 0.3) is 0 Å². The molecule has 5 nitrogen and oxygen atoms in total. The van der Waals surface area contributed by atoms with E-state index in [2.05, 4.69) is 20.6 Å². The predicted molar refractivity (Wildman–Crippen MR) is 71.9 cm³/mol. The molecule has 0 atom stereocenters. The molecule has 0 aliphatic rings. The Labute approximate surface area is 109 Å². The molecule has 94 valence electrons. The zero-order valence-electron chi connectivity index (χ0n) is 10.0. The second kappa shape index (κ2) is 6.11. The highest BCUT2D eigenvalue weighted by molar-refractivity contribution is 7.09. The summed E-state index contributed by atoms with van der Waals surface area (Å²) < 4.78 is 0. The lowest BCUT2D eigenvalue weighted by atomic mass is 10.3. The average Bonchev–Trinajstić information content (AvgIpc) is 2.92. The van der Waals surface area contributed by atoms with Gasteiger partial charge in [0.25, 0.3) is 5.91 Å². The van der Waals surface area contributed by atoms with Gasteiger partial charge in [-0.3, -0.25) is 4.79 Å². The molecule has 0 unspecified atom stereocenters. The summed E-state index contributed by atoms with van der Waals surface area (Å²) >= 11 is 1.59. The first-order valence-corrected chi connectivity index (χ1v) is 6.48. The van der Waals surface area contributed by atoms with Crippen molar-refractivity contribution in [1.29, 1.82) is 0 Å². The molecule has 2 aromatic heterocycles. The van der Waals surface area contributed by atoms with Crippen LogP contribution in [-0.4, -0.2) is 29.5 Å². The van der Waals surface area contributed by atoms with Gasteiger partial charge < -0.3 is 10.6 Å². The van der Waals surface area contributed by atoms with Gasteiger partial charge >= 0.3 is 0 Å². The Morgan fingerprint density at radius 1 is 1.39 bits per heavy atom. The highest BCUT2D eigenvalue weighted by Crippen LogP contribution is 2.05. The molecule has 0 aliphatic carbocycles. The smallest absolute Gasteiger partial charge is 0.269 e. The van der Waals surface area contributed by atoms with Crippen LogP contribution in [0.1, 0.15) is 15.5 Å². The predicted octanol–water partition coefficient (Wildman–Crippen LogP) is 1.55. The second-order valence-electron chi connectivity index (χ2n) is 3.61. The fourth-order valence-electron chi connectivity index (χ4n) is 1.43. The quantitative estimate of drug-likeness (QED) is 0.858. The molecule has 0 saturated carbocycles. The number of rotatable bonds is 5. The maximum atomic E-state index is 11.8. The van der Waals surface area contributed by atoms with E-state index in [1.165, 1.54) is 0 Å². The van der Waals surface area contributed by atoms with Crippen LogP contribution < -0.4 is 10.6 Å². The van der Waals surface area contributed by atoms with Gasteiger partial charge in [0.1, 0.15) is 5.69 Å². The molecule has 0 aromatic carbocycles. The van der Waals surface area contributed by atoms with E-state index in [1.54, 1.807) is 29.8 Å². The third kappa shape index (κ3) is 3.27. The van der Waals surface area contributed by atoms with Crippen LogP contribution in [0.2, 0.25) is 0 Å². The Kier molecular flexibility index (Phi) is 4.25. The summed E-state index contributed by atoms with van der Waals surface area (Å²) in [5, 5.41) is 8.72. The molecule has 2 heterocycles. The van der Waals surface area contributed by atoms with Crippen molar-refractivity contribution in [1.82, 2.24) is 15.3 Å².